The lowest BCUT2D eigenvalue weighted by Gasteiger charge is -2.36. The van der Waals surface area contributed by atoms with E-state index < -0.39 is 23.6 Å². The van der Waals surface area contributed by atoms with Gasteiger partial charge in [0, 0.05) is 49.4 Å². The van der Waals surface area contributed by atoms with Crippen LogP contribution in [0.25, 0.3) is 22.5 Å². The summed E-state index contributed by atoms with van der Waals surface area (Å²) in [5.41, 5.74) is 10.3. The third-order valence-corrected chi connectivity index (χ3v) is 11.0. The minimum Gasteiger partial charge on any atom is -0.472 e. The second kappa shape index (κ2) is 19.1. The molecule has 3 aromatic carbocycles. The fourth-order valence-corrected chi connectivity index (χ4v) is 7.87. The van der Waals surface area contributed by atoms with Crippen LogP contribution < -0.4 is 25.6 Å². The maximum atomic E-state index is 14.6. The van der Waals surface area contributed by atoms with Crippen molar-refractivity contribution in [3.05, 3.63) is 96.2 Å². The number of carbonyl (C=O) groups is 3. The van der Waals surface area contributed by atoms with E-state index in [1.807, 2.05) is 81.6 Å². The topological polar surface area (TPSA) is 194 Å². The molecule has 314 valence electrons. The number of benzene rings is 3. The first-order chi connectivity index (χ1) is 29.0. The maximum Gasteiger partial charge on any atom is 0.407 e. The highest BCUT2D eigenvalue weighted by Gasteiger charge is 2.36. The summed E-state index contributed by atoms with van der Waals surface area (Å²) in [4.78, 5) is 53.8. The van der Waals surface area contributed by atoms with Crippen molar-refractivity contribution in [1.29, 1.82) is 0 Å². The van der Waals surface area contributed by atoms with Gasteiger partial charge in [-0.15, -0.1) is 10.2 Å². The number of ether oxygens (including phenoxy) is 2. The fourth-order valence-electron chi connectivity index (χ4n) is 7.87. The minimum atomic E-state index is -0.983. The van der Waals surface area contributed by atoms with Crippen molar-refractivity contribution in [2.75, 3.05) is 29.4 Å². The number of aromatic amines is 1. The number of alkyl carbamates (subject to hydrolysis) is 1. The second-order valence-electron chi connectivity index (χ2n) is 16.6. The van der Waals surface area contributed by atoms with Gasteiger partial charge >= 0.3 is 6.09 Å². The number of primary amides is 1. The van der Waals surface area contributed by atoms with Crippen LogP contribution in [0.15, 0.2) is 85.1 Å². The highest BCUT2D eigenvalue weighted by Crippen LogP contribution is 2.35. The zero-order chi connectivity index (χ0) is 42.1. The van der Waals surface area contributed by atoms with Gasteiger partial charge in [0.15, 0.2) is 0 Å². The van der Waals surface area contributed by atoms with Crippen molar-refractivity contribution >= 4 is 29.5 Å². The largest absolute Gasteiger partial charge is 0.472 e. The quantitative estimate of drug-likeness (QED) is 0.109. The first-order valence-electron chi connectivity index (χ1n) is 20.8. The Bertz CT molecular complexity index is 2180. The van der Waals surface area contributed by atoms with Crippen LogP contribution in [0, 0.1) is 11.8 Å². The number of aromatic nitrogens is 6. The van der Waals surface area contributed by atoms with Crippen molar-refractivity contribution < 1.29 is 23.9 Å². The van der Waals surface area contributed by atoms with E-state index in [4.69, 9.17) is 25.2 Å². The molecule has 3 amide bonds. The number of carbonyl (C=O) groups excluding carboxylic acids is 3. The molecule has 2 aliphatic rings. The van der Waals surface area contributed by atoms with Crippen LogP contribution in [0.4, 0.5) is 16.4 Å². The summed E-state index contributed by atoms with van der Waals surface area (Å²) in [6, 6.07) is 23.9. The lowest BCUT2D eigenvalue weighted by Crippen LogP contribution is -2.52. The molecule has 7 rings (SSSR count). The molecule has 4 N–H and O–H groups in total. The highest BCUT2D eigenvalue weighted by molar-refractivity contribution is 6.01. The molecular formula is C45H54N10O5. The average molecular weight is 815 g/mol. The number of tetrazole rings is 1. The van der Waals surface area contributed by atoms with Gasteiger partial charge in [0.25, 0.3) is 0 Å². The molecule has 15 nitrogen and oxygen atoms in total. The first-order valence-corrected chi connectivity index (χ1v) is 20.8. The predicted octanol–water partition coefficient (Wildman–Crippen LogP) is 6.65. The number of nitrogens with two attached hydrogens (primary N) is 1. The molecular weight excluding hydrogens is 761 g/mol. The van der Waals surface area contributed by atoms with Crippen LogP contribution in [0.1, 0.15) is 76.8 Å². The molecule has 1 aliphatic carbocycles. The van der Waals surface area contributed by atoms with Crippen LogP contribution in [-0.4, -0.2) is 79.8 Å². The Hall–Kier alpha value is -6.38. The standard InChI is InChI=1S/C45H54N10O5/c1-45(2,3)60-44(58)48-27-31-14-18-35(19-15-31)42(57)55(36-22-20-34(21-23-36)40-50-52-53-51-40)38(39(46)56)26-30-12-16-33(17-13-30)37-28-47-43(54-24-8-5-9-25-54)49-41(37)59-29-32-10-6-4-7-11-32/h4,6-7,10-13,16-17,20-23,28,31,35,38H,5,8-9,14-15,18-19,24-27,29H2,1-3H3,(H2,46,56)(H,48,58)(H,50,51,52,53)/t31?,35?,38-/m0/s1. The monoisotopic (exact) mass is 814 g/mol. The van der Waals surface area contributed by atoms with Crippen LogP contribution in [0.3, 0.4) is 0 Å². The van der Waals surface area contributed by atoms with E-state index in [1.54, 1.807) is 29.2 Å². The highest BCUT2D eigenvalue weighted by atomic mass is 16.6. The molecule has 1 atom stereocenters. The van der Waals surface area contributed by atoms with Gasteiger partial charge < -0.3 is 25.4 Å². The van der Waals surface area contributed by atoms with E-state index in [2.05, 4.69) is 30.8 Å². The van der Waals surface area contributed by atoms with E-state index in [9.17, 15) is 14.4 Å². The number of nitrogens with one attached hydrogen (secondary N) is 2. The number of nitrogens with zero attached hydrogens (tertiary/aromatic N) is 7. The van der Waals surface area contributed by atoms with Gasteiger partial charge in [-0.2, -0.15) is 10.2 Å². The van der Waals surface area contributed by atoms with Gasteiger partial charge in [-0.25, -0.2) is 9.78 Å². The number of H-pyrrole nitrogens is 1. The maximum absolute atomic E-state index is 14.6. The van der Waals surface area contributed by atoms with Gasteiger partial charge in [-0.05, 0) is 118 Å². The zero-order valence-electron chi connectivity index (χ0n) is 34.5. The summed E-state index contributed by atoms with van der Waals surface area (Å²) in [5.74, 6) is 0.619. The molecule has 1 aliphatic heterocycles. The zero-order valence-corrected chi connectivity index (χ0v) is 34.5. The molecule has 0 radical (unpaired) electrons. The number of hydrogen-bond acceptors (Lipinski definition) is 11. The van der Waals surface area contributed by atoms with E-state index in [0.717, 1.165) is 61.0 Å². The third-order valence-electron chi connectivity index (χ3n) is 11.0. The summed E-state index contributed by atoms with van der Waals surface area (Å²) in [7, 11) is 0. The fraction of sp³-hybridized carbons (Fsp3) is 0.422. The molecule has 0 bridgehead atoms. The molecule has 5 aromatic rings. The molecule has 60 heavy (non-hydrogen) atoms. The minimum absolute atomic E-state index is 0.174. The van der Waals surface area contributed by atoms with E-state index in [0.29, 0.717) is 54.9 Å². The van der Waals surface area contributed by atoms with Gasteiger partial charge in [-0.3, -0.25) is 14.5 Å². The molecule has 0 unspecified atom stereocenters. The summed E-state index contributed by atoms with van der Waals surface area (Å²) in [5, 5.41) is 17.1. The average Bonchev–Trinajstić information content (AvgIpc) is 3.81. The molecule has 1 saturated heterocycles. The Labute approximate surface area is 350 Å². The number of piperidine rings is 1. The van der Waals surface area contributed by atoms with Crippen molar-refractivity contribution in [3.63, 3.8) is 0 Å². The Kier molecular flexibility index (Phi) is 13.3. The van der Waals surface area contributed by atoms with Gasteiger partial charge in [0.1, 0.15) is 18.2 Å². The molecule has 0 spiro atoms. The van der Waals surface area contributed by atoms with Crippen molar-refractivity contribution in [3.8, 4) is 28.4 Å². The first kappa shape index (κ1) is 41.8. The third kappa shape index (κ3) is 10.8. The van der Waals surface area contributed by atoms with E-state index in [-0.39, 0.29) is 24.2 Å². The van der Waals surface area contributed by atoms with E-state index in [1.165, 1.54) is 6.42 Å². The normalized spacial score (nSPS) is 17.4. The number of rotatable bonds is 14. The van der Waals surface area contributed by atoms with Crippen LogP contribution in [0.2, 0.25) is 0 Å². The molecule has 1 saturated carbocycles. The van der Waals surface area contributed by atoms with Gasteiger partial charge in [0.05, 0.1) is 5.56 Å². The SMILES string of the molecule is CC(C)(C)OC(=O)NCC1CCC(C(=O)N(c2ccc(-c3nn[nH]n3)cc2)[C@@H](Cc2ccc(-c3cnc(N4CCCCC4)nc3OCc3ccccc3)cc2)C(N)=O)CC1. The summed E-state index contributed by atoms with van der Waals surface area (Å²) in [6.45, 7) is 8.11. The van der Waals surface area contributed by atoms with Gasteiger partial charge in [0.2, 0.25) is 29.5 Å². The van der Waals surface area contributed by atoms with Crippen LogP contribution in [-0.2, 0) is 27.4 Å². The van der Waals surface area contributed by atoms with Crippen LogP contribution >= 0.6 is 0 Å². The lowest BCUT2D eigenvalue weighted by atomic mass is 9.81. The Morgan fingerprint density at radius 2 is 1.60 bits per heavy atom. The van der Waals surface area contributed by atoms with E-state index >= 15 is 0 Å². The Balaban J connectivity index is 1.11. The molecule has 2 aromatic heterocycles. The second-order valence-corrected chi connectivity index (χ2v) is 16.6. The Morgan fingerprint density at radius 3 is 2.25 bits per heavy atom. The summed E-state index contributed by atoms with van der Waals surface area (Å²) < 4.78 is 11.8. The van der Waals surface area contributed by atoms with Crippen molar-refractivity contribution in [1.82, 2.24) is 35.9 Å². The Morgan fingerprint density at radius 1 is 0.900 bits per heavy atom. The smallest absolute Gasteiger partial charge is 0.407 e. The molecule has 15 heteroatoms. The van der Waals surface area contributed by atoms with Crippen molar-refractivity contribution in [2.24, 2.45) is 17.6 Å². The molecule has 3 heterocycles. The number of hydrogen-bond donors (Lipinski definition) is 3. The van der Waals surface area contributed by atoms with Crippen LogP contribution in [0.5, 0.6) is 5.88 Å². The molecule has 2 fully saturated rings. The number of amides is 3. The van der Waals surface area contributed by atoms with Gasteiger partial charge in [-0.1, -0.05) is 54.6 Å². The summed E-state index contributed by atoms with van der Waals surface area (Å²) >= 11 is 0. The number of anilines is 2. The predicted molar refractivity (Wildman–Crippen MR) is 228 cm³/mol. The van der Waals surface area contributed by atoms with Crippen molar-refractivity contribution in [2.45, 2.75) is 90.4 Å². The lowest BCUT2D eigenvalue weighted by molar-refractivity contribution is -0.127. The summed E-state index contributed by atoms with van der Waals surface area (Å²) in [6.07, 6.45) is 7.63.